The van der Waals surface area contributed by atoms with E-state index >= 15 is 0 Å². The molecule has 30 heavy (non-hydrogen) atoms. The van der Waals surface area contributed by atoms with Gasteiger partial charge in [-0.25, -0.2) is 5.43 Å². The molecule has 0 aromatic heterocycles. The molecular weight excluding hydrogens is 374 g/mol. The molecule has 1 heterocycles. The number of nitrogens with one attached hydrogen (secondary N) is 1. The molecular formula is C25H33N3O2. The number of carbonyl (C=O) groups excluding carboxylic acids is 1. The number of phenolic OH excluding ortho intramolecular Hbond substituents is 1. The Kier molecular flexibility index (Phi) is 5.93. The van der Waals surface area contributed by atoms with Crippen LogP contribution in [0.3, 0.4) is 0 Å². The lowest BCUT2D eigenvalue weighted by Gasteiger charge is -2.42. The summed E-state index contributed by atoms with van der Waals surface area (Å²) in [6.07, 6.45) is 3.48. The van der Waals surface area contributed by atoms with Crippen LogP contribution in [0, 0.1) is 0 Å². The maximum atomic E-state index is 13.0. The maximum Gasteiger partial charge on any atom is 0.271 e. The van der Waals surface area contributed by atoms with Crippen LogP contribution in [0.1, 0.15) is 74.5 Å². The summed E-state index contributed by atoms with van der Waals surface area (Å²) in [6, 6.07) is 10.9. The smallest absolute Gasteiger partial charge is 0.271 e. The van der Waals surface area contributed by atoms with Crippen LogP contribution >= 0.6 is 0 Å². The van der Waals surface area contributed by atoms with Crippen molar-refractivity contribution >= 4 is 17.8 Å². The highest BCUT2D eigenvalue weighted by Crippen LogP contribution is 2.46. The van der Waals surface area contributed by atoms with Crippen LogP contribution in [0.15, 0.2) is 41.5 Å². The van der Waals surface area contributed by atoms with Gasteiger partial charge in [0, 0.05) is 30.4 Å². The number of para-hydroxylation sites is 1. The summed E-state index contributed by atoms with van der Waals surface area (Å²) in [5, 5.41) is 13.9. The highest BCUT2D eigenvalue weighted by molar-refractivity contribution is 5.96. The topological polar surface area (TPSA) is 64.9 Å². The lowest BCUT2D eigenvalue weighted by Crippen LogP contribution is -2.38. The van der Waals surface area contributed by atoms with Crippen LogP contribution < -0.4 is 10.3 Å². The van der Waals surface area contributed by atoms with Crippen LogP contribution in [-0.2, 0) is 10.8 Å². The monoisotopic (exact) mass is 407 g/mol. The molecule has 160 valence electrons. The molecule has 5 heteroatoms. The summed E-state index contributed by atoms with van der Waals surface area (Å²) in [4.78, 5) is 15.3. The largest absolute Gasteiger partial charge is 0.507 e. The highest BCUT2D eigenvalue weighted by Gasteiger charge is 2.35. The Balaban J connectivity index is 2.00. The minimum absolute atomic E-state index is 0.00417. The predicted molar refractivity (Wildman–Crippen MR) is 124 cm³/mol. The molecule has 0 aliphatic carbocycles. The molecule has 0 atom stereocenters. The first-order valence-corrected chi connectivity index (χ1v) is 10.6. The van der Waals surface area contributed by atoms with E-state index in [1.54, 1.807) is 18.2 Å². The number of anilines is 1. The van der Waals surface area contributed by atoms with Gasteiger partial charge in [0.15, 0.2) is 0 Å². The molecule has 5 nitrogen and oxygen atoms in total. The van der Waals surface area contributed by atoms with Gasteiger partial charge in [-0.15, -0.1) is 0 Å². The number of benzene rings is 2. The quantitative estimate of drug-likeness (QED) is 0.544. The number of hydrazone groups is 1. The van der Waals surface area contributed by atoms with E-state index in [2.05, 4.69) is 57.1 Å². The Hall–Kier alpha value is -2.82. The number of fused-ring (bicyclic) bond motifs is 1. The van der Waals surface area contributed by atoms with Crippen LogP contribution in [0.4, 0.5) is 5.69 Å². The van der Waals surface area contributed by atoms with Crippen molar-refractivity contribution in [1.29, 1.82) is 0 Å². The van der Waals surface area contributed by atoms with Gasteiger partial charge in [0.25, 0.3) is 5.91 Å². The third-order valence-corrected chi connectivity index (χ3v) is 6.47. The summed E-state index contributed by atoms with van der Waals surface area (Å²) < 4.78 is 0. The molecule has 0 radical (unpaired) electrons. The van der Waals surface area contributed by atoms with Crippen LogP contribution in [-0.4, -0.2) is 30.8 Å². The Morgan fingerprint density at radius 1 is 1.30 bits per heavy atom. The van der Waals surface area contributed by atoms with Crippen molar-refractivity contribution in [3.63, 3.8) is 0 Å². The zero-order valence-corrected chi connectivity index (χ0v) is 18.9. The third kappa shape index (κ3) is 4.20. The Morgan fingerprint density at radius 3 is 2.67 bits per heavy atom. The van der Waals surface area contributed by atoms with Crippen molar-refractivity contribution < 1.29 is 9.90 Å². The number of hydrogen-bond acceptors (Lipinski definition) is 4. The average molecular weight is 408 g/mol. The normalized spacial score (nSPS) is 15.9. The molecule has 2 aromatic rings. The van der Waals surface area contributed by atoms with Gasteiger partial charge in [-0.2, -0.15) is 5.10 Å². The van der Waals surface area contributed by atoms with Crippen molar-refractivity contribution in [2.45, 2.75) is 58.3 Å². The number of rotatable bonds is 5. The summed E-state index contributed by atoms with van der Waals surface area (Å²) >= 11 is 0. The fourth-order valence-electron chi connectivity index (χ4n) is 3.91. The molecule has 3 rings (SSSR count). The van der Waals surface area contributed by atoms with Gasteiger partial charge in [0.2, 0.25) is 0 Å². The summed E-state index contributed by atoms with van der Waals surface area (Å²) in [6.45, 7) is 12.2. The van der Waals surface area contributed by atoms with Crippen molar-refractivity contribution in [2.75, 3.05) is 18.5 Å². The van der Waals surface area contributed by atoms with Gasteiger partial charge in [-0.05, 0) is 59.1 Å². The Bertz CT molecular complexity index is 976. The van der Waals surface area contributed by atoms with Gasteiger partial charge in [0.05, 0.1) is 6.21 Å². The number of carbonyl (C=O) groups is 1. The van der Waals surface area contributed by atoms with E-state index in [1.807, 2.05) is 18.2 Å². The number of aromatic hydroxyl groups is 1. The molecule has 0 saturated carbocycles. The van der Waals surface area contributed by atoms with E-state index in [4.69, 9.17) is 0 Å². The fraction of sp³-hybridized carbons (Fsp3) is 0.440. The Labute approximate surface area is 179 Å². The maximum absolute atomic E-state index is 13.0. The van der Waals surface area contributed by atoms with E-state index in [0.29, 0.717) is 11.1 Å². The van der Waals surface area contributed by atoms with Crippen LogP contribution in [0.2, 0.25) is 0 Å². The zero-order valence-electron chi connectivity index (χ0n) is 18.9. The van der Waals surface area contributed by atoms with E-state index in [1.165, 1.54) is 23.0 Å². The van der Waals surface area contributed by atoms with Crippen LogP contribution in [0.5, 0.6) is 5.75 Å². The molecule has 1 aliphatic heterocycles. The first kappa shape index (κ1) is 21.9. The van der Waals surface area contributed by atoms with Gasteiger partial charge in [-0.3, -0.25) is 4.79 Å². The van der Waals surface area contributed by atoms with E-state index in [9.17, 15) is 9.90 Å². The number of amides is 1. The molecule has 1 aliphatic rings. The second-order valence-electron chi connectivity index (χ2n) is 9.47. The second-order valence-corrected chi connectivity index (χ2v) is 9.47. The van der Waals surface area contributed by atoms with Crippen molar-refractivity contribution in [1.82, 2.24) is 5.43 Å². The highest BCUT2D eigenvalue weighted by atomic mass is 16.3. The van der Waals surface area contributed by atoms with Gasteiger partial charge >= 0.3 is 0 Å². The summed E-state index contributed by atoms with van der Waals surface area (Å²) in [7, 11) is 2.14. The summed E-state index contributed by atoms with van der Waals surface area (Å²) in [5.74, 6) is -0.123. The van der Waals surface area contributed by atoms with Crippen molar-refractivity contribution in [3.8, 4) is 5.75 Å². The molecule has 0 bridgehead atoms. The minimum Gasteiger partial charge on any atom is -0.507 e. The molecule has 1 amide bonds. The van der Waals surface area contributed by atoms with Crippen molar-refractivity contribution in [3.05, 3.63) is 58.7 Å². The SMILES string of the molecule is CCC(C)(C)c1cc(C(=O)N/N=C/c2ccccc2O)cc2c1N(C)CCC2(C)C. The molecule has 0 spiro atoms. The zero-order chi connectivity index (χ0) is 22.1. The first-order chi connectivity index (χ1) is 14.1. The lowest BCUT2D eigenvalue weighted by molar-refractivity contribution is 0.0954. The van der Waals surface area contributed by atoms with E-state index in [-0.39, 0.29) is 22.5 Å². The van der Waals surface area contributed by atoms with Gasteiger partial charge in [-0.1, -0.05) is 46.8 Å². The number of nitrogens with zero attached hydrogens (tertiary/aromatic N) is 2. The molecule has 0 saturated heterocycles. The second kappa shape index (κ2) is 8.13. The lowest BCUT2D eigenvalue weighted by atomic mass is 9.71. The Morgan fingerprint density at radius 2 is 2.00 bits per heavy atom. The van der Waals surface area contributed by atoms with Crippen molar-refractivity contribution in [2.24, 2.45) is 5.10 Å². The third-order valence-electron chi connectivity index (χ3n) is 6.47. The summed E-state index contributed by atoms with van der Waals surface area (Å²) in [5.41, 5.74) is 7.40. The standard InChI is InChI=1S/C25H33N3O2/c1-7-24(2,3)19-14-18(15-20-22(19)28(6)13-12-25(20,4)5)23(30)27-26-16-17-10-8-9-11-21(17)29/h8-11,14-16,29H,7,12-13H2,1-6H3,(H,27,30)/b26-16+. The predicted octanol–water partition coefficient (Wildman–Crippen LogP) is 4.96. The van der Waals surface area contributed by atoms with E-state index in [0.717, 1.165) is 19.4 Å². The fourth-order valence-corrected chi connectivity index (χ4v) is 3.91. The minimum atomic E-state index is -0.248. The number of hydrogen-bond donors (Lipinski definition) is 2. The first-order valence-electron chi connectivity index (χ1n) is 10.6. The molecule has 0 unspecified atom stereocenters. The van der Waals surface area contributed by atoms with E-state index < -0.39 is 0 Å². The average Bonchev–Trinajstić information content (AvgIpc) is 2.71. The molecule has 0 fully saturated rings. The van der Waals surface area contributed by atoms with Gasteiger partial charge < -0.3 is 10.0 Å². The molecule has 2 N–H and O–H groups in total. The number of phenols is 1. The van der Waals surface area contributed by atoms with Gasteiger partial charge in [0.1, 0.15) is 5.75 Å². The van der Waals surface area contributed by atoms with Crippen LogP contribution in [0.25, 0.3) is 0 Å². The molecule has 2 aromatic carbocycles.